The van der Waals surface area contributed by atoms with Crippen LogP contribution in [0.2, 0.25) is 0 Å². The summed E-state index contributed by atoms with van der Waals surface area (Å²) in [6, 6.07) is 3.09. The van der Waals surface area contributed by atoms with E-state index in [2.05, 4.69) is 5.32 Å². The number of hydrogen-bond donors (Lipinski definition) is 2. The molecule has 1 aromatic rings. The lowest BCUT2D eigenvalue weighted by Crippen LogP contribution is -2.16. The van der Waals surface area contributed by atoms with E-state index in [-0.39, 0.29) is 6.04 Å². The Bertz CT molecular complexity index is 443. The van der Waals surface area contributed by atoms with Crippen molar-refractivity contribution >= 4 is 11.7 Å². The molecule has 0 spiro atoms. The molecular weight excluding hydrogens is 247 g/mol. The zero-order valence-corrected chi connectivity index (χ0v) is 10.0. The van der Waals surface area contributed by atoms with E-state index < -0.39 is 23.3 Å². The van der Waals surface area contributed by atoms with Crippen LogP contribution in [0, 0.1) is 0 Å². The lowest BCUT2D eigenvalue weighted by molar-refractivity contribution is -0.138. The molecule has 1 rings (SSSR count). The smallest absolute Gasteiger partial charge is 0.417 e. The predicted molar refractivity (Wildman–Crippen MR) is 61.8 cm³/mol. The summed E-state index contributed by atoms with van der Waals surface area (Å²) in [7, 11) is 0. The Labute approximate surface area is 103 Å². The van der Waals surface area contributed by atoms with Crippen LogP contribution < -0.4 is 5.32 Å². The Morgan fingerprint density at radius 1 is 1.44 bits per heavy atom. The number of nitrogens with one attached hydrogen (secondary N) is 1. The van der Waals surface area contributed by atoms with Crippen molar-refractivity contribution in [3.05, 3.63) is 29.3 Å². The van der Waals surface area contributed by atoms with Gasteiger partial charge in [-0.2, -0.15) is 13.2 Å². The van der Waals surface area contributed by atoms with Gasteiger partial charge in [0.15, 0.2) is 0 Å². The molecule has 0 amide bonds. The minimum Gasteiger partial charge on any atom is -0.478 e. The molecule has 0 aliphatic rings. The zero-order valence-electron chi connectivity index (χ0n) is 10.0. The van der Waals surface area contributed by atoms with Crippen LogP contribution in [0.25, 0.3) is 0 Å². The summed E-state index contributed by atoms with van der Waals surface area (Å²) in [6.45, 7) is 3.78. The van der Waals surface area contributed by atoms with Gasteiger partial charge in [0.25, 0.3) is 0 Å². The molecule has 0 bridgehead atoms. The van der Waals surface area contributed by atoms with Crippen LogP contribution in [0.15, 0.2) is 18.2 Å². The van der Waals surface area contributed by atoms with Crippen LogP contribution in [-0.4, -0.2) is 17.1 Å². The Morgan fingerprint density at radius 2 is 2.06 bits per heavy atom. The lowest BCUT2D eigenvalue weighted by atomic mass is 10.1. The van der Waals surface area contributed by atoms with Crippen molar-refractivity contribution in [3.8, 4) is 0 Å². The Morgan fingerprint density at radius 3 is 2.50 bits per heavy atom. The van der Waals surface area contributed by atoms with Crippen molar-refractivity contribution in [2.24, 2.45) is 0 Å². The van der Waals surface area contributed by atoms with E-state index in [4.69, 9.17) is 5.11 Å². The normalized spacial score (nSPS) is 13.2. The number of carbonyl (C=O) groups is 1. The summed E-state index contributed by atoms with van der Waals surface area (Å²) in [5, 5.41) is 11.8. The van der Waals surface area contributed by atoms with Crippen LogP contribution in [0.3, 0.4) is 0 Å². The zero-order chi connectivity index (χ0) is 13.9. The average Bonchev–Trinajstić information content (AvgIpc) is 2.27. The summed E-state index contributed by atoms with van der Waals surface area (Å²) >= 11 is 0. The van der Waals surface area contributed by atoms with Gasteiger partial charge in [-0.15, -0.1) is 0 Å². The van der Waals surface area contributed by atoms with E-state index in [0.29, 0.717) is 5.69 Å². The molecule has 0 radical (unpaired) electrons. The van der Waals surface area contributed by atoms with Crippen molar-refractivity contribution in [1.29, 1.82) is 0 Å². The number of alkyl halides is 3. The maximum Gasteiger partial charge on any atom is 0.417 e. The molecule has 6 heteroatoms. The second-order valence-corrected chi connectivity index (χ2v) is 4.02. The minimum absolute atomic E-state index is 0.0587. The lowest BCUT2D eigenvalue weighted by Gasteiger charge is -2.16. The summed E-state index contributed by atoms with van der Waals surface area (Å²) in [6.07, 6.45) is -3.88. The monoisotopic (exact) mass is 261 g/mol. The van der Waals surface area contributed by atoms with Crippen molar-refractivity contribution in [3.63, 3.8) is 0 Å². The molecule has 1 atom stereocenters. The predicted octanol–water partition coefficient (Wildman–Crippen LogP) is 3.61. The molecule has 0 saturated carbocycles. The number of aromatic carboxylic acids is 1. The standard InChI is InChI=1S/C12H14F3NO2/c1-3-7(2)16-8-4-5-10(12(13,14)15)9(6-8)11(17)18/h4-7,16H,3H2,1-2H3,(H,17,18). The van der Waals surface area contributed by atoms with Gasteiger partial charge < -0.3 is 10.4 Å². The van der Waals surface area contributed by atoms with Gasteiger partial charge in [0.05, 0.1) is 11.1 Å². The molecule has 2 N–H and O–H groups in total. The van der Waals surface area contributed by atoms with E-state index in [0.717, 1.165) is 18.6 Å². The summed E-state index contributed by atoms with van der Waals surface area (Å²) < 4.78 is 37.8. The minimum atomic E-state index is -4.66. The van der Waals surface area contributed by atoms with Crippen LogP contribution >= 0.6 is 0 Å². The molecule has 0 aliphatic heterocycles. The van der Waals surface area contributed by atoms with Gasteiger partial charge in [0.2, 0.25) is 0 Å². The molecule has 3 nitrogen and oxygen atoms in total. The first-order chi connectivity index (χ1) is 8.25. The first kappa shape index (κ1) is 14.3. The molecule has 0 heterocycles. The van der Waals surface area contributed by atoms with Crippen LogP contribution in [-0.2, 0) is 6.18 Å². The highest BCUT2D eigenvalue weighted by Crippen LogP contribution is 2.33. The Hall–Kier alpha value is -1.72. The van der Waals surface area contributed by atoms with Crippen molar-refractivity contribution in [2.45, 2.75) is 32.5 Å². The number of hydrogen-bond acceptors (Lipinski definition) is 2. The first-order valence-electron chi connectivity index (χ1n) is 5.46. The van der Waals surface area contributed by atoms with E-state index in [1.165, 1.54) is 6.07 Å². The molecule has 0 aliphatic carbocycles. The van der Waals surface area contributed by atoms with Gasteiger partial charge in [-0.25, -0.2) is 4.79 Å². The number of carboxylic acid groups (broad SMARTS) is 1. The van der Waals surface area contributed by atoms with Crippen LogP contribution in [0.1, 0.15) is 36.2 Å². The topological polar surface area (TPSA) is 49.3 Å². The quantitative estimate of drug-likeness (QED) is 0.870. The third-order valence-electron chi connectivity index (χ3n) is 2.58. The number of rotatable bonds is 4. The summed E-state index contributed by atoms with van der Waals surface area (Å²) in [4.78, 5) is 10.8. The average molecular weight is 261 g/mol. The van der Waals surface area contributed by atoms with Gasteiger partial charge in [0.1, 0.15) is 0 Å². The number of anilines is 1. The van der Waals surface area contributed by atoms with E-state index in [9.17, 15) is 18.0 Å². The molecule has 1 unspecified atom stereocenters. The molecule has 0 fully saturated rings. The van der Waals surface area contributed by atoms with Gasteiger partial charge in [0, 0.05) is 11.7 Å². The third kappa shape index (κ3) is 3.38. The van der Waals surface area contributed by atoms with Crippen molar-refractivity contribution in [1.82, 2.24) is 0 Å². The van der Waals surface area contributed by atoms with Crippen molar-refractivity contribution in [2.75, 3.05) is 5.32 Å². The molecule has 0 saturated heterocycles. The molecule has 0 aromatic heterocycles. The molecule has 100 valence electrons. The van der Waals surface area contributed by atoms with E-state index >= 15 is 0 Å². The summed E-state index contributed by atoms with van der Waals surface area (Å²) in [5.41, 5.74) is -1.50. The maximum absolute atomic E-state index is 12.6. The van der Waals surface area contributed by atoms with Crippen LogP contribution in [0.4, 0.5) is 18.9 Å². The van der Waals surface area contributed by atoms with Crippen LogP contribution in [0.5, 0.6) is 0 Å². The second kappa shape index (κ2) is 5.29. The molecular formula is C12H14F3NO2. The molecule has 18 heavy (non-hydrogen) atoms. The first-order valence-corrected chi connectivity index (χ1v) is 5.46. The molecule has 1 aromatic carbocycles. The fourth-order valence-corrected chi connectivity index (χ4v) is 1.44. The Balaban J connectivity index is 3.16. The highest BCUT2D eigenvalue weighted by atomic mass is 19.4. The fraction of sp³-hybridized carbons (Fsp3) is 0.417. The van der Waals surface area contributed by atoms with Crippen molar-refractivity contribution < 1.29 is 23.1 Å². The van der Waals surface area contributed by atoms with Gasteiger partial charge in [-0.3, -0.25) is 0 Å². The fourth-order valence-electron chi connectivity index (χ4n) is 1.44. The Kier molecular flexibility index (Phi) is 4.21. The third-order valence-corrected chi connectivity index (χ3v) is 2.58. The van der Waals surface area contributed by atoms with Gasteiger partial charge >= 0.3 is 12.1 Å². The highest BCUT2D eigenvalue weighted by Gasteiger charge is 2.35. The number of halogens is 3. The highest BCUT2D eigenvalue weighted by molar-refractivity contribution is 5.91. The largest absolute Gasteiger partial charge is 0.478 e. The maximum atomic E-state index is 12.6. The van der Waals surface area contributed by atoms with Gasteiger partial charge in [-0.1, -0.05) is 6.92 Å². The number of carboxylic acids is 1. The van der Waals surface area contributed by atoms with E-state index in [1.807, 2.05) is 13.8 Å². The summed E-state index contributed by atoms with van der Waals surface area (Å²) in [5.74, 6) is -1.59. The van der Waals surface area contributed by atoms with E-state index in [1.54, 1.807) is 0 Å². The second-order valence-electron chi connectivity index (χ2n) is 4.02. The SMILES string of the molecule is CCC(C)Nc1ccc(C(F)(F)F)c(C(=O)O)c1. The van der Waals surface area contributed by atoms with Gasteiger partial charge in [-0.05, 0) is 31.5 Å². The number of benzene rings is 1.